The summed E-state index contributed by atoms with van der Waals surface area (Å²) in [4.78, 5) is 11.4. The first-order chi connectivity index (χ1) is 9.30. The number of carbonyl (C=O) groups is 1. The molecule has 0 radical (unpaired) electrons. The van der Waals surface area contributed by atoms with Crippen LogP contribution < -0.4 is 0 Å². The fourth-order valence-corrected chi connectivity index (χ4v) is 6.25. The smallest absolute Gasteiger partial charge is 0.322 e. The molecule has 2 unspecified atom stereocenters. The molecular formula is C11H17N3O4S2. The number of thioether (sulfide) groups is 1. The van der Waals surface area contributed by atoms with Crippen LogP contribution in [0.3, 0.4) is 0 Å². The van der Waals surface area contributed by atoms with E-state index in [0.717, 1.165) is 4.31 Å². The van der Waals surface area contributed by atoms with E-state index in [1.54, 1.807) is 13.8 Å². The highest BCUT2D eigenvalue weighted by Crippen LogP contribution is 2.37. The Morgan fingerprint density at radius 1 is 1.55 bits per heavy atom. The number of nitrogens with one attached hydrogen (secondary N) is 1. The second kappa shape index (κ2) is 5.38. The van der Waals surface area contributed by atoms with Crippen molar-refractivity contribution in [2.75, 3.05) is 5.75 Å². The van der Waals surface area contributed by atoms with Crippen molar-refractivity contribution in [3.63, 3.8) is 0 Å². The fraction of sp³-hybridized carbons (Fsp3) is 0.636. The average molecular weight is 319 g/mol. The van der Waals surface area contributed by atoms with Crippen molar-refractivity contribution in [3.05, 3.63) is 11.4 Å². The van der Waals surface area contributed by atoms with E-state index in [9.17, 15) is 18.3 Å². The molecule has 2 heterocycles. The van der Waals surface area contributed by atoms with Crippen LogP contribution in [0, 0.1) is 13.8 Å². The van der Waals surface area contributed by atoms with Gasteiger partial charge in [-0.15, -0.1) is 11.8 Å². The number of nitrogens with zero attached hydrogens (tertiary/aromatic N) is 2. The van der Waals surface area contributed by atoms with Crippen LogP contribution in [-0.2, 0) is 14.8 Å². The SMILES string of the molecule is CCC1SCC(C(=O)O)N1S(=O)(=O)c1c(C)n[nH]c1C. The quantitative estimate of drug-likeness (QED) is 0.856. The number of H-pyrrole nitrogens is 1. The van der Waals surface area contributed by atoms with Crippen molar-refractivity contribution in [2.24, 2.45) is 0 Å². The van der Waals surface area contributed by atoms with E-state index in [4.69, 9.17) is 0 Å². The van der Waals surface area contributed by atoms with Gasteiger partial charge in [-0.05, 0) is 20.3 Å². The summed E-state index contributed by atoms with van der Waals surface area (Å²) in [7, 11) is -3.87. The molecule has 7 nitrogen and oxygen atoms in total. The topological polar surface area (TPSA) is 103 Å². The molecule has 1 aliphatic rings. The number of hydrogen-bond acceptors (Lipinski definition) is 5. The van der Waals surface area contributed by atoms with Gasteiger partial charge in [0.15, 0.2) is 0 Å². The minimum atomic E-state index is -3.87. The van der Waals surface area contributed by atoms with Crippen molar-refractivity contribution < 1.29 is 18.3 Å². The lowest BCUT2D eigenvalue weighted by Gasteiger charge is -2.25. The summed E-state index contributed by atoms with van der Waals surface area (Å²) < 4.78 is 26.7. The Balaban J connectivity index is 2.53. The third-order valence-electron chi connectivity index (χ3n) is 3.27. The zero-order chi connectivity index (χ0) is 15.1. The van der Waals surface area contributed by atoms with Gasteiger partial charge in [0.05, 0.1) is 16.8 Å². The van der Waals surface area contributed by atoms with E-state index < -0.39 is 22.0 Å². The highest BCUT2D eigenvalue weighted by Gasteiger charge is 2.46. The molecule has 1 saturated heterocycles. The third kappa shape index (κ3) is 2.33. The summed E-state index contributed by atoms with van der Waals surface area (Å²) in [5.74, 6) is -0.848. The average Bonchev–Trinajstić information content (AvgIpc) is 2.93. The van der Waals surface area contributed by atoms with Gasteiger partial charge in [-0.3, -0.25) is 9.89 Å². The Labute approximate surface area is 121 Å². The molecule has 0 aromatic carbocycles. The van der Waals surface area contributed by atoms with E-state index in [-0.39, 0.29) is 16.0 Å². The van der Waals surface area contributed by atoms with Crippen molar-refractivity contribution in [3.8, 4) is 0 Å². The number of aliphatic carboxylic acids is 1. The summed E-state index contributed by atoms with van der Waals surface area (Å²) in [5.41, 5.74) is 0.789. The molecule has 1 aromatic rings. The minimum Gasteiger partial charge on any atom is -0.480 e. The van der Waals surface area contributed by atoms with Crippen LogP contribution in [-0.4, -0.2) is 51.2 Å². The number of carboxylic acids is 1. The van der Waals surface area contributed by atoms with Gasteiger partial charge < -0.3 is 5.11 Å². The van der Waals surface area contributed by atoms with E-state index in [1.165, 1.54) is 11.8 Å². The van der Waals surface area contributed by atoms with Crippen molar-refractivity contribution in [1.29, 1.82) is 0 Å². The van der Waals surface area contributed by atoms with E-state index in [0.29, 0.717) is 17.8 Å². The van der Waals surface area contributed by atoms with Crippen LogP contribution in [0.4, 0.5) is 0 Å². The minimum absolute atomic E-state index is 0.0877. The standard InChI is InChI=1S/C11H17N3O4S2/c1-4-9-14(8(5-19-9)11(15)16)20(17,18)10-6(2)12-13-7(10)3/h8-9H,4-5H2,1-3H3,(H,12,13)(H,15,16). The molecule has 9 heteroatoms. The first-order valence-corrected chi connectivity index (χ1v) is 8.69. The van der Waals surface area contributed by atoms with Crippen LogP contribution in [0.1, 0.15) is 24.7 Å². The summed E-state index contributed by atoms with van der Waals surface area (Å²) in [6, 6.07) is -1.02. The van der Waals surface area contributed by atoms with Crippen molar-refractivity contribution >= 4 is 27.8 Å². The van der Waals surface area contributed by atoms with E-state index in [2.05, 4.69) is 10.2 Å². The maximum atomic E-state index is 12.8. The predicted octanol–water partition coefficient (Wildman–Crippen LogP) is 0.953. The molecule has 0 aliphatic carbocycles. The second-order valence-corrected chi connectivity index (χ2v) is 7.64. The molecule has 2 atom stereocenters. The predicted molar refractivity (Wildman–Crippen MR) is 75.0 cm³/mol. The van der Waals surface area contributed by atoms with Gasteiger partial charge in [0.2, 0.25) is 10.0 Å². The lowest BCUT2D eigenvalue weighted by molar-refractivity contribution is -0.140. The number of hydrogen-bond donors (Lipinski definition) is 2. The molecule has 1 fully saturated rings. The summed E-state index contributed by atoms with van der Waals surface area (Å²) in [6.07, 6.45) is 0.559. The first kappa shape index (κ1) is 15.3. The van der Waals surface area contributed by atoms with Crippen LogP contribution in [0.25, 0.3) is 0 Å². The van der Waals surface area contributed by atoms with Gasteiger partial charge in [0.25, 0.3) is 0 Å². The van der Waals surface area contributed by atoms with Crippen LogP contribution >= 0.6 is 11.8 Å². The van der Waals surface area contributed by atoms with Crippen LogP contribution in [0.15, 0.2) is 4.90 Å². The number of sulfonamides is 1. The van der Waals surface area contributed by atoms with Gasteiger partial charge in [-0.25, -0.2) is 8.42 Å². The monoisotopic (exact) mass is 319 g/mol. The van der Waals surface area contributed by atoms with Crippen LogP contribution in [0.2, 0.25) is 0 Å². The maximum Gasteiger partial charge on any atom is 0.322 e. The molecule has 1 aliphatic heterocycles. The molecule has 0 saturated carbocycles. The van der Waals surface area contributed by atoms with Gasteiger partial charge in [-0.1, -0.05) is 6.92 Å². The molecule has 2 N–H and O–H groups in total. The molecule has 112 valence electrons. The van der Waals surface area contributed by atoms with E-state index in [1.807, 2.05) is 6.92 Å². The zero-order valence-electron chi connectivity index (χ0n) is 11.5. The van der Waals surface area contributed by atoms with Gasteiger partial charge >= 0.3 is 5.97 Å². The van der Waals surface area contributed by atoms with Gasteiger partial charge in [0.1, 0.15) is 10.9 Å². The Morgan fingerprint density at radius 3 is 2.65 bits per heavy atom. The van der Waals surface area contributed by atoms with E-state index >= 15 is 0 Å². The second-order valence-electron chi connectivity index (χ2n) is 4.65. The third-order valence-corrected chi connectivity index (χ3v) is 7.04. The molecule has 0 bridgehead atoms. The van der Waals surface area contributed by atoms with Crippen molar-refractivity contribution in [1.82, 2.24) is 14.5 Å². The molecule has 1 aromatic heterocycles. The molecule has 20 heavy (non-hydrogen) atoms. The maximum absolute atomic E-state index is 12.8. The molecular weight excluding hydrogens is 302 g/mol. The number of aromatic amines is 1. The summed E-state index contributed by atoms with van der Waals surface area (Å²) in [6.45, 7) is 5.06. The highest BCUT2D eigenvalue weighted by atomic mass is 32.2. The Hall–Kier alpha value is -1.06. The largest absolute Gasteiger partial charge is 0.480 e. The lowest BCUT2D eigenvalue weighted by atomic mass is 10.3. The Morgan fingerprint density at radius 2 is 2.20 bits per heavy atom. The molecule has 2 rings (SSSR count). The fourth-order valence-electron chi connectivity index (χ4n) is 2.38. The normalized spacial score (nSPS) is 24.1. The Kier molecular flexibility index (Phi) is 4.12. The first-order valence-electron chi connectivity index (χ1n) is 6.20. The highest BCUT2D eigenvalue weighted by molar-refractivity contribution is 8.01. The van der Waals surface area contributed by atoms with Crippen molar-refractivity contribution in [2.45, 2.75) is 43.5 Å². The van der Waals surface area contributed by atoms with Crippen LogP contribution in [0.5, 0.6) is 0 Å². The Bertz CT molecular complexity index is 606. The number of aromatic nitrogens is 2. The molecule has 0 amide bonds. The number of carboxylic acid groups (broad SMARTS) is 1. The molecule has 0 spiro atoms. The summed E-state index contributed by atoms with van der Waals surface area (Å²) in [5, 5.41) is 15.4. The van der Waals surface area contributed by atoms with Gasteiger partial charge in [-0.2, -0.15) is 9.40 Å². The summed E-state index contributed by atoms with van der Waals surface area (Å²) >= 11 is 1.36. The van der Waals surface area contributed by atoms with Gasteiger partial charge in [0, 0.05) is 5.75 Å². The zero-order valence-corrected chi connectivity index (χ0v) is 13.1. The number of rotatable bonds is 4. The number of aryl methyl sites for hydroxylation is 2. The lowest BCUT2D eigenvalue weighted by Crippen LogP contribution is -2.45.